The Morgan fingerprint density at radius 3 is 2.13 bits per heavy atom. The minimum Gasteiger partial charge on any atom is -0.354 e. The summed E-state index contributed by atoms with van der Waals surface area (Å²) < 4.78 is 0. The summed E-state index contributed by atoms with van der Waals surface area (Å²) in [7, 11) is 0. The molecule has 0 aromatic heterocycles. The van der Waals surface area contributed by atoms with Crippen molar-refractivity contribution in [1.29, 1.82) is 0 Å². The fourth-order valence-corrected chi connectivity index (χ4v) is 4.15. The molecule has 0 aliphatic carbocycles. The highest BCUT2D eigenvalue weighted by Crippen LogP contribution is 2.22. The van der Waals surface area contributed by atoms with Crippen LogP contribution >= 0.6 is 35.0 Å². The maximum Gasteiger partial charge on any atom is 0.242 e. The van der Waals surface area contributed by atoms with E-state index in [-0.39, 0.29) is 11.8 Å². The second-order valence-corrected chi connectivity index (χ2v) is 9.80. The van der Waals surface area contributed by atoms with Crippen LogP contribution in [-0.4, -0.2) is 35.1 Å². The highest BCUT2D eigenvalue weighted by molar-refractivity contribution is 7.99. The molecule has 7 heteroatoms. The minimum atomic E-state index is -0.512. The summed E-state index contributed by atoms with van der Waals surface area (Å²) >= 11 is 13.5. The van der Waals surface area contributed by atoms with Gasteiger partial charge in [0.05, 0.1) is 0 Å². The molecule has 0 fully saturated rings. The molecule has 2 rings (SSSR count). The predicted molar refractivity (Wildman–Crippen MR) is 131 cm³/mol. The van der Waals surface area contributed by atoms with Gasteiger partial charge >= 0.3 is 0 Å². The normalized spacial score (nSPS) is 11.9. The number of benzene rings is 2. The Kier molecular flexibility index (Phi) is 10.7. The minimum absolute atomic E-state index is 0.0389. The number of amides is 2. The van der Waals surface area contributed by atoms with Crippen molar-refractivity contribution in [3.8, 4) is 0 Å². The number of hydrogen-bond acceptors (Lipinski definition) is 3. The second kappa shape index (κ2) is 13.0. The number of rotatable bonds is 11. The van der Waals surface area contributed by atoms with E-state index in [1.807, 2.05) is 57.2 Å². The van der Waals surface area contributed by atoms with Crippen LogP contribution in [0.5, 0.6) is 0 Å². The van der Waals surface area contributed by atoms with Gasteiger partial charge in [0.2, 0.25) is 11.8 Å². The first-order valence-electron chi connectivity index (χ1n) is 10.5. The molecule has 0 spiro atoms. The zero-order valence-corrected chi connectivity index (χ0v) is 20.6. The lowest BCUT2D eigenvalue weighted by molar-refractivity contribution is -0.141. The molecule has 4 nitrogen and oxygen atoms in total. The maximum absolute atomic E-state index is 13.2. The van der Waals surface area contributed by atoms with Gasteiger partial charge in [0.25, 0.3) is 0 Å². The van der Waals surface area contributed by atoms with Gasteiger partial charge in [-0.05, 0) is 54.3 Å². The van der Waals surface area contributed by atoms with Crippen molar-refractivity contribution in [1.82, 2.24) is 10.2 Å². The molecule has 0 radical (unpaired) electrons. The van der Waals surface area contributed by atoms with E-state index in [2.05, 4.69) is 5.32 Å². The van der Waals surface area contributed by atoms with Gasteiger partial charge in [-0.3, -0.25) is 9.59 Å². The molecule has 1 N–H and O–H groups in total. The summed E-state index contributed by atoms with van der Waals surface area (Å²) in [6.45, 7) is 6.99. The molecule has 0 bridgehead atoms. The molecule has 0 heterocycles. The fourth-order valence-electron chi connectivity index (χ4n) is 3.06. The summed E-state index contributed by atoms with van der Waals surface area (Å²) in [5.41, 5.74) is 0.943. The van der Waals surface area contributed by atoms with Gasteiger partial charge in [0, 0.05) is 40.2 Å². The maximum atomic E-state index is 13.2. The van der Waals surface area contributed by atoms with Gasteiger partial charge in [0.15, 0.2) is 0 Å². The Hall–Kier alpha value is -1.69. The monoisotopic (exact) mass is 480 g/mol. The van der Waals surface area contributed by atoms with Crippen LogP contribution in [0.15, 0.2) is 53.4 Å². The van der Waals surface area contributed by atoms with Crippen LogP contribution in [0.1, 0.15) is 39.2 Å². The van der Waals surface area contributed by atoms with Gasteiger partial charge in [-0.2, -0.15) is 0 Å². The largest absolute Gasteiger partial charge is 0.354 e. The van der Waals surface area contributed by atoms with Crippen molar-refractivity contribution < 1.29 is 9.59 Å². The third kappa shape index (κ3) is 8.76. The van der Waals surface area contributed by atoms with Crippen molar-refractivity contribution >= 4 is 46.8 Å². The molecule has 31 heavy (non-hydrogen) atoms. The quantitative estimate of drug-likeness (QED) is 0.397. The summed E-state index contributed by atoms with van der Waals surface area (Å²) in [5.74, 6) is 0.825. The Labute approximate surface area is 199 Å². The van der Waals surface area contributed by atoms with Crippen LogP contribution in [0.2, 0.25) is 10.0 Å². The first-order valence-corrected chi connectivity index (χ1v) is 12.2. The summed E-state index contributed by atoms with van der Waals surface area (Å²) in [6, 6.07) is 14.4. The van der Waals surface area contributed by atoms with Gasteiger partial charge < -0.3 is 10.2 Å². The van der Waals surface area contributed by atoms with Crippen LogP contribution in [-0.2, 0) is 16.1 Å². The Bertz CT molecular complexity index is 842. The van der Waals surface area contributed by atoms with Gasteiger partial charge in [-0.1, -0.05) is 56.1 Å². The molecule has 0 aliphatic rings. The number of carbonyl (C=O) groups is 2. The molecule has 0 saturated carbocycles. The first-order chi connectivity index (χ1) is 14.8. The highest BCUT2D eigenvalue weighted by atomic mass is 35.5. The molecule has 2 aromatic rings. The van der Waals surface area contributed by atoms with E-state index >= 15 is 0 Å². The standard InChI is InChI=1S/C24H30Cl2N2O2S/c1-4-22(24(30)27-15-17(2)3)28(16-18-5-7-19(25)8-6-18)23(29)13-14-31-21-11-9-20(26)10-12-21/h5-12,17,22H,4,13-16H2,1-3H3,(H,27,30)/t22-/m1/s1. The Morgan fingerprint density at radius 1 is 1.00 bits per heavy atom. The third-order valence-corrected chi connectivity index (χ3v) is 6.25. The Balaban J connectivity index is 2.10. The first kappa shape index (κ1) is 25.6. The van der Waals surface area contributed by atoms with Crippen LogP contribution in [0.25, 0.3) is 0 Å². The lowest BCUT2D eigenvalue weighted by Crippen LogP contribution is -2.49. The van der Waals surface area contributed by atoms with Crippen molar-refractivity contribution in [2.75, 3.05) is 12.3 Å². The van der Waals surface area contributed by atoms with Gasteiger partial charge in [-0.25, -0.2) is 0 Å². The smallest absolute Gasteiger partial charge is 0.242 e. The zero-order chi connectivity index (χ0) is 22.8. The molecule has 0 unspecified atom stereocenters. The summed E-state index contributed by atoms with van der Waals surface area (Å²) in [5, 5.41) is 4.31. The van der Waals surface area contributed by atoms with E-state index in [1.54, 1.807) is 28.8 Å². The molecular formula is C24H30Cl2N2O2S. The van der Waals surface area contributed by atoms with Crippen molar-refractivity contribution in [2.45, 2.75) is 51.1 Å². The molecular weight excluding hydrogens is 451 g/mol. The molecule has 0 saturated heterocycles. The summed E-state index contributed by atoms with van der Waals surface area (Å²) in [4.78, 5) is 28.8. The summed E-state index contributed by atoms with van der Waals surface area (Å²) in [6.07, 6.45) is 0.891. The highest BCUT2D eigenvalue weighted by Gasteiger charge is 2.28. The topological polar surface area (TPSA) is 49.4 Å². The fraction of sp³-hybridized carbons (Fsp3) is 0.417. The van der Waals surface area contributed by atoms with E-state index in [1.165, 1.54) is 0 Å². The third-order valence-electron chi connectivity index (χ3n) is 4.73. The molecule has 0 aliphatic heterocycles. The van der Waals surface area contributed by atoms with Crippen LogP contribution < -0.4 is 5.32 Å². The molecule has 168 valence electrons. The molecule has 2 amide bonds. The van der Waals surface area contributed by atoms with Crippen LogP contribution in [0.3, 0.4) is 0 Å². The number of nitrogens with one attached hydrogen (secondary N) is 1. The van der Waals surface area contributed by atoms with Crippen LogP contribution in [0, 0.1) is 5.92 Å². The lowest BCUT2D eigenvalue weighted by atomic mass is 10.1. The van der Waals surface area contributed by atoms with E-state index in [9.17, 15) is 9.59 Å². The van der Waals surface area contributed by atoms with Crippen molar-refractivity contribution in [2.24, 2.45) is 5.92 Å². The zero-order valence-electron chi connectivity index (χ0n) is 18.2. The second-order valence-electron chi connectivity index (χ2n) is 7.76. The Morgan fingerprint density at radius 2 is 1.58 bits per heavy atom. The number of hydrogen-bond donors (Lipinski definition) is 1. The number of nitrogens with zero attached hydrogens (tertiary/aromatic N) is 1. The van der Waals surface area contributed by atoms with Crippen molar-refractivity contribution in [3.63, 3.8) is 0 Å². The van der Waals surface area contributed by atoms with E-state index in [0.717, 1.165) is 10.5 Å². The number of halogens is 2. The average Bonchev–Trinajstić information content (AvgIpc) is 2.74. The lowest BCUT2D eigenvalue weighted by Gasteiger charge is -2.31. The SMILES string of the molecule is CC[C@H](C(=O)NCC(C)C)N(Cc1ccc(Cl)cc1)C(=O)CCSc1ccc(Cl)cc1. The number of thioether (sulfide) groups is 1. The average molecular weight is 481 g/mol. The van der Waals surface area contributed by atoms with Crippen molar-refractivity contribution in [3.05, 3.63) is 64.1 Å². The van der Waals surface area contributed by atoms with E-state index in [0.29, 0.717) is 47.6 Å². The molecule has 1 atom stereocenters. The van der Waals surface area contributed by atoms with E-state index in [4.69, 9.17) is 23.2 Å². The number of carbonyl (C=O) groups excluding carboxylic acids is 2. The van der Waals surface area contributed by atoms with Gasteiger partial charge in [-0.15, -0.1) is 11.8 Å². The predicted octanol–water partition coefficient (Wildman–Crippen LogP) is 6.06. The molecule has 2 aromatic carbocycles. The van der Waals surface area contributed by atoms with Crippen LogP contribution in [0.4, 0.5) is 0 Å². The van der Waals surface area contributed by atoms with E-state index < -0.39 is 6.04 Å². The van der Waals surface area contributed by atoms with Gasteiger partial charge in [0.1, 0.15) is 6.04 Å².